The normalized spacial score (nSPS) is 15.3. The Morgan fingerprint density at radius 2 is 2.08 bits per heavy atom. The molecule has 25 heavy (non-hydrogen) atoms. The smallest absolute Gasteiger partial charge is 0.230 e. The van der Waals surface area contributed by atoms with Gasteiger partial charge in [-0.05, 0) is 43.3 Å². The Labute approximate surface area is 169 Å². The highest BCUT2D eigenvalue weighted by atomic mass is 35.5. The zero-order valence-electron chi connectivity index (χ0n) is 13.3. The van der Waals surface area contributed by atoms with E-state index in [0.717, 1.165) is 22.9 Å². The Morgan fingerprint density at radius 3 is 2.80 bits per heavy atom. The number of hydrogen-bond donors (Lipinski definition) is 1. The number of hydrogen-bond acceptors (Lipinski definition) is 5. The topological polar surface area (TPSA) is 46.9 Å². The molecule has 0 aliphatic heterocycles. The van der Waals surface area contributed by atoms with E-state index in [1.54, 1.807) is 16.8 Å². The molecule has 1 aromatic heterocycles. The summed E-state index contributed by atoms with van der Waals surface area (Å²) >= 11 is 20.2. The lowest BCUT2D eigenvalue weighted by molar-refractivity contribution is -0.119. The zero-order chi connectivity index (χ0) is 17.8. The first kappa shape index (κ1) is 19.2. The summed E-state index contributed by atoms with van der Waals surface area (Å²) < 4.78 is 3.01. The van der Waals surface area contributed by atoms with Gasteiger partial charge in [0.1, 0.15) is 0 Å². The van der Waals surface area contributed by atoms with Crippen LogP contribution in [0, 0.1) is 3.95 Å². The van der Waals surface area contributed by atoms with Gasteiger partial charge in [0.25, 0.3) is 0 Å². The number of carbonyl (C=O) groups excluding carboxylic acids is 1. The molecule has 0 atom stereocenters. The van der Waals surface area contributed by atoms with Gasteiger partial charge in [-0.15, -0.1) is 5.10 Å². The lowest BCUT2D eigenvalue weighted by Crippen LogP contribution is -2.37. The molecule has 2 aromatic rings. The summed E-state index contributed by atoms with van der Waals surface area (Å²) in [6, 6.07) is 5.58. The molecule has 1 heterocycles. The number of amides is 1. The van der Waals surface area contributed by atoms with Crippen LogP contribution in [0.2, 0.25) is 10.0 Å². The molecule has 1 saturated carbocycles. The molecule has 9 heteroatoms. The summed E-state index contributed by atoms with van der Waals surface area (Å²) in [6.45, 7) is 0. The fraction of sp³-hybridized carbons (Fsp3) is 0.438. The van der Waals surface area contributed by atoms with E-state index in [-0.39, 0.29) is 5.91 Å². The van der Waals surface area contributed by atoms with Crippen LogP contribution in [-0.2, 0) is 4.79 Å². The van der Waals surface area contributed by atoms with Crippen LogP contribution in [0.25, 0.3) is 5.69 Å². The Kier molecular flexibility index (Phi) is 6.79. The quantitative estimate of drug-likeness (QED) is 0.498. The molecule has 1 aliphatic rings. The third-order valence-electron chi connectivity index (χ3n) is 3.97. The lowest BCUT2D eigenvalue weighted by Gasteiger charge is -2.22. The second-order valence-corrected chi connectivity index (χ2v) is 9.49. The fourth-order valence-corrected chi connectivity index (χ4v) is 5.21. The molecule has 4 nitrogen and oxygen atoms in total. The van der Waals surface area contributed by atoms with Crippen LogP contribution >= 0.6 is 58.5 Å². The van der Waals surface area contributed by atoms with Crippen molar-refractivity contribution < 1.29 is 4.79 Å². The van der Waals surface area contributed by atoms with Gasteiger partial charge in [-0.2, -0.15) is 0 Å². The van der Waals surface area contributed by atoms with Crippen molar-refractivity contribution in [2.24, 2.45) is 0 Å². The predicted molar refractivity (Wildman–Crippen MR) is 108 cm³/mol. The Hall–Kier alpha value is -0.600. The fourth-order valence-electron chi connectivity index (χ4n) is 2.74. The van der Waals surface area contributed by atoms with Crippen molar-refractivity contribution in [1.82, 2.24) is 15.1 Å². The molecule has 0 saturated heterocycles. The van der Waals surface area contributed by atoms with E-state index in [1.807, 2.05) is 6.07 Å². The van der Waals surface area contributed by atoms with Gasteiger partial charge in [0.05, 0.1) is 21.5 Å². The first-order valence-electron chi connectivity index (χ1n) is 8.00. The van der Waals surface area contributed by atoms with Crippen LogP contribution < -0.4 is 5.32 Å². The average molecular weight is 434 g/mol. The summed E-state index contributed by atoms with van der Waals surface area (Å²) in [5.41, 5.74) is 0.758. The molecule has 0 radical (unpaired) electrons. The summed E-state index contributed by atoms with van der Waals surface area (Å²) in [7, 11) is 0. The zero-order valence-corrected chi connectivity index (χ0v) is 17.3. The van der Waals surface area contributed by atoms with Gasteiger partial charge in [-0.25, -0.2) is 4.68 Å². The third kappa shape index (κ3) is 5.20. The van der Waals surface area contributed by atoms with Gasteiger partial charge < -0.3 is 5.32 Å². The molecule has 1 N–H and O–H groups in total. The van der Waals surface area contributed by atoms with E-state index in [0.29, 0.717) is 25.8 Å². The van der Waals surface area contributed by atoms with Crippen molar-refractivity contribution in [2.75, 3.05) is 5.75 Å². The summed E-state index contributed by atoms with van der Waals surface area (Å²) in [5, 5.41) is 8.53. The molecule has 1 amide bonds. The van der Waals surface area contributed by atoms with Gasteiger partial charge in [0, 0.05) is 6.04 Å². The van der Waals surface area contributed by atoms with Crippen molar-refractivity contribution in [3.63, 3.8) is 0 Å². The molecule has 3 rings (SSSR count). The van der Waals surface area contributed by atoms with Crippen molar-refractivity contribution >= 4 is 64.4 Å². The van der Waals surface area contributed by atoms with Crippen LogP contribution in [0.4, 0.5) is 0 Å². The molecule has 1 aliphatic carbocycles. The molecule has 134 valence electrons. The van der Waals surface area contributed by atoms with Gasteiger partial charge in [0.15, 0.2) is 8.29 Å². The second kappa shape index (κ2) is 8.86. The maximum atomic E-state index is 12.1. The maximum absolute atomic E-state index is 12.1. The van der Waals surface area contributed by atoms with Crippen LogP contribution in [0.15, 0.2) is 22.5 Å². The van der Waals surface area contributed by atoms with Crippen LogP contribution in [-0.4, -0.2) is 27.5 Å². The highest BCUT2D eigenvalue weighted by Gasteiger charge is 2.16. The van der Waals surface area contributed by atoms with E-state index in [4.69, 9.17) is 35.4 Å². The van der Waals surface area contributed by atoms with Crippen molar-refractivity contribution in [3.05, 3.63) is 32.2 Å². The number of halogens is 2. The highest BCUT2D eigenvalue weighted by Crippen LogP contribution is 2.28. The largest absolute Gasteiger partial charge is 0.353 e. The summed E-state index contributed by atoms with van der Waals surface area (Å²) in [5.74, 6) is 0.402. The van der Waals surface area contributed by atoms with E-state index in [2.05, 4.69) is 10.4 Å². The number of nitrogens with zero attached hydrogens (tertiary/aromatic N) is 2. The Bertz CT molecular complexity index is 815. The molecule has 0 bridgehead atoms. The molecule has 1 fully saturated rings. The minimum Gasteiger partial charge on any atom is -0.353 e. The predicted octanol–water partition coefficient (Wildman–Crippen LogP) is 5.51. The number of rotatable bonds is 5. The van der Waals surface area contributed by atoms with Crippen molar-refractivity contribution in [3.8, 4) is 5.69 Å². The molecular formula is C16H17Cl2N3OS3. The van der Waals surface area contributed by atoms with Gasteiger partial charge in [0.2, 0.25) is 5.91 Å². The molecular weight excluding hydrogens is 417 g/mol. The van der Waals surface area contributed by atoms with Gasteiger partial charge >= 0.3 is 0 Å². The highest BCUT2D eigenvalue weighted by molar-refractivity contribution is 8.01. The number of aromatic nitrogens is 2. The Balaban J connectivity index is 1.61. The minimum atomic E-state index is 0.0547. The first-order chi connectivity index (χ1) is 12.0. The van der Waals surface area contributed by atoms with E-state index in [1.165, 1.54) is 42.4 Å². The van der Waals surface area contributed by atoms with E-state index in [9.17, 15) is 4.79 Å². The SMILES string of the molecule is O=C(CSc1nn(-c2ccc(Cl)c(Cl)c2)c(=S)s1)NC1CCCCC1. The van der Waals surface area contributed by atoms with Gasteiger partial charge in [-0.3, -0.25) is 4.79 Å². The number of benzene rings is 1. The van der Waals surface area contributed by atoms with Crippen LogP contribution in [0.5, 0.6) is 0 Å². The number of nitrogens with one attached hydrogen (secondary N) is 1. The summed E-state index contributed by atoms with van der Waals surface area (Å²) in [6.07, 6.45) is 5.85. The molecule has 0 unspecified atom stereocenters. The summed E-state index contributed by atoms with van der Waals surface area (Å²) in [4.78, 5) is 12.1. The second-order valence-electron chi connectivity index (χ2n) is 5.84. The maximum Gasteiger partial charge on any atom is 0.230 e. The number of carbonyl (C=O) groups is 1. The average Bonchev–Trinajstić information content (AvgIpc) is 2.97. The monoisotopic (exact) mass is 433 g/mol. The standard InChI is InChI=1S/C16H17Cl2N3OS3/c17-12-7-6-11(8-13(12)18)21-16(23)25-15(20-21)24-9-14(22)19-10-4-2-1-3-5-10/h6-8,10H,1-5,9H2,(H,19,22). The molecule has 0 spiro atoms. The minimum absolute atomic E-state index is 0.0547. The van der Waals surface area contributed by atoms with Crippen LogP contribution in [0.3, 0.4) is 0 Å². The van der Waals surface area contributed by atoms with Crippen molar-refractivity contribution in [2.45, 2.75) is 42.5 Å². The lowest BCUT2D eigenvalue weighted by atomic mass is 9.95. The van der Waals surface area contributed by atoms with E-state index >= 15 is 0 Å². The van der Waals surface area contributed by atoms with E-state index < -0.39 is 0 Å². The number of thioether (sulfide) groups is 1. The third-order valence-corrected chi connectivity index (χ3v) is 7.08. The van der Waals surface area contributed by atoms with Gasteiger partial charge in [-0.1, -0.05) is 65.6 Å². The Morgan fingerprint density at radius 1 is 1.32 bits per heavy atom. The molecule has 1 aromatic carbocycles. The first-order valence-corrected chi connectivity index (χ1v) is 11.0. The van der Waals surface area contributed by atoms with Crippen LogP contribution in [0.1, 0.15) is 32.1 Å². The van der Waals surface area contributed by atoms with Crippen molar-refractivity contribution in [1.29, 1.82) is 0 Å².